The van der Waals surface area contributed by atoms with Crippen molar-refractivity contribution >= 4 is 40.2 Å². The minimum Gasteiger partial charge on any atom is -0.326 e. The van der Waals surface area contributed by atoms with E-state index in [0.717, 1.165) is 27.4 Å². The average Bonchev–Trinajstić information content (AvgIpc) is 2.96. The SMILES string of the molecule is CC(Sc1nc2ccccc2n1C)C(=O)c1ccc2c(c1)CCC(=O)N2. The first-order chi connectivity index (χ1) is 12.5. The second-order valence-electron chi connectivity index (χ2n) is 6.49. The van der Waals surface area contributed by atoms with Gasteiger partial charge >= 0.3 is 0 Å². The van der Waals surface area contributed by atoms with Crippen LogP contribution in [0.25, 0.3) is 11.0 Å². The van der Waals surface area contributed by atoms with Gasteiger partial charge in [0.15, 0.2) is 10.9 Å². The lowest BCUT2D eigenvalue weighted by Gasteiger charge is -2.18. The van der Waals surface area contributed by atoms with Crippen molar-refractivity contribution in [2.45, 2.75) is 30.2 Å². The summed E-state index contributed by atoms with van der Waals surface area (Å²) in [5.74, 6) is 0.101. The van der Waals surface area contributed by atoms with Gasteiger partial charge in [0.2, 0.25) is 5.91 Å². The second kappa shape index (κ2) is 6.61. The van der Waals surface area contributed by atoms with E-state index in [0.29, 0.717) is 18.4 Å². The number of anilines is 1. The predicted molar refractivity (Wildman–Crippen MR) is 104 cm³/mol. The van der Waals surface area contributed by atoms with Crippen molar-refractivity contribution in [1.29, 1.82) is 0 Å². The van der Waals surface area contributed by atoms with Gasteiger partial charge in [-0.3, -0.25) is 9.59 Å². The number of thioether (sulfide) groups is 1. The molecule has 0 fully saturated rings. The van der Waals surface area contributed by atoms with Gasteiger partial charge in [0.25, 0.3) is 0 Å². The highest BCUT2D eigenvalue weighted by Gasteiger charge is 2.22. The van der Waals surface area contributed by atoms with Gasteiger partial charge in [-0.25, -0.2) is 4.98 Å². The van der Waals surface area contributed by atoms with Crippen molar-refractivity contribution in [2.75, 3.05) is 5.32 Å². The fourth-order valence-electron chi connectivity index (χ4n) is 3.21. The molecule has 1 atom stereocenters. The summed E-state index contributed by atoms with van der Waals surface area (Å²) in [5.41, 5.74) is 4.50. The summed E-state index contributed by atoms with van der Waals surface area (Å²) in [7, 11) is 1.97. The summed E-state index contributed by atoms with van der Waals surface area (Å²) in [6, 6.07) is 13.5. The molecule has 2 aromatic carbocycles. The first-order valence-corrected chi connectivity index (χ1v) is 9.46. The van der Waals surface area contributed by atoms with E-state index in [2.05, 4.69) is 10.3 Å². The number of para-hydroxylation sites is 2. The average molecular weight is 365 g/mol. The maximum absolute atomic E-state index is 12.9. The van der Waals surface area contributed by atoms with E-state index in [1.807, 2.05) is 54.9 Å². The summed E-state index contributed by atoms with van der Waals surface area (Å²) in [4.78, 5) is 29.0. The molecule has 1 aliphatic heterocycles. The van der Waals surface area contributed by atoms with E-state index in [-0.39, 0.29) is 16.9 Å². The van der Waals surface area contributed by atoms with Crippen LogP contribution in [0.15, 0.2) is 47.6 Å². The number of fused-ring (bicyclic) bond motifs is 2. The minimum absolute atomic E-state index is 0.0300. The Morgan fingerprint density at radius 1 is 1.23 bits per heavy atom. The zero-order valence-corrected chi connectivity index (χ0v) is 15.5. The van der Waals surface area contributed by atoms with Crippen LogP contribution in [0.4, 0.5) is 5.69 Å². The molecule has 0 saturated heterocycles. The molecule has 6 heteroatoms. The Hall–Kier alpha value is -2.60. The molecule has 1 aliphatic rings. The number of nitrogens with one attached hydrogen (secondary N) is 1. The molecule has 3 aromatic rings. The van der Waals surface area contributed by atoms with Crippen molar-refractivity contribution in [2.24, 2.45) is 7.05 Å². The number of carbonyl (C=O) groups is 2. The Kier molecular flexibility index (Phi) is 4.28. The Morgan fingerprint density at radius 3 is 2.85 bits per heavy atom. The summed E-state index contributed by atoms with van der Waals surface area (Å²) >= 11 is 1.47. The Bertz CT molecular complexity index is 1030. The fourth-order valence-corrected chi connectivity index (χ4v) is 4.18. The highest BCUT2D eigenvalue weighted by Crippen LogP contribution is 2.29. The van der Waals surface area contributed by atoms with Gasteiger partial charge in [-0.2, -0.15) is 0 Å². The van der Waals surface area contributed by atoms with E-state index in [9.17, 15) is 9.59 Å². The number of hydrogen-bond acceptors (Lipinski definition) is 4. The molecule has 2 heterocycles. The predicted octanol–water partition coefficient (Wildman–Crippen LogP) is 3.82. The van der Waals surface area contributed by atoms with E-state index in [4.69, 9.17) is 0 Å². The highest BCUT2D eigenvalue weighted by atomic mass is 32.2. The van der Waals surface area contributed by atoms with Crippen molar-refractivity contribution < 1.29 is 9.59 Å². The van der Waals surface area contributed by atoms with Crippen LogP contribution < -0.4 is 5.32 Å². The number of nitrogens with zero attached hydrogens (tertiary/aromatic N) is 2. The van der Waals surface area contributed by atoms with Crippen LogP contribution in [-0.2, 0) is 18.3 Å². The topological polar surface area (TPSA) is 64.0 Å². The monoisotopic (exact) mass is 365 g/mol. The number of ketones is 1. The standard InChI is InChI=1S/C20H19N3O2S/c1-12(26-20-22-16-5-3-4-6-17(16)23(20)2)19(25)14-7-9-15-13(11-14)8-10-18(24)21-15/h3-7,9,11-12H,8,10H2,1-2H3,(H,21,24). The molecule has 1 N–H and O–H groups in total. The number of rotatable bonds is 4. The second-order valence-corrected chi connectivity index (χ2v) is 7.79. The van der Waals surface area contributed by atoms with Crippen LogP contribution >= 0.6 is 11.8 Å². The first-order valence-electron chi connectivity index (χ1n) is 8.58. The first kappa shape index (κ1) is 16.8. The van der Waals surface area contributed by atoms with Gasteiger partial charge < -0.3 is 9.88 Å². The van der Waals surface area contributed by atoms with Crippen molar-refractivity contribution in [1.82, 2.24) is 9.55 Å². The lowest BCUT2D eigenvalue weighted by molar-refractivity contribution is -0.116. The summed E-state index contributed by atoms with van der Waals surface area (Å²) in [6.07, 6.45) is 1.14. The number of imidazole rings is 1. The van der Waals surface area contributed by atoms with Crippen LogP contribution in [0.1, 0.15) is 29.3 Å². The molecule has 1 amide bonds. The lowest BCUT2D eigenvalue weighted by Crippen LogP contribution is -2.20. The van der Waals surface area contributed by atoms with E-state index < -0.39 is 0 Å². The van der Waals surface area contributed by atoms with Crippen LogP contribution in [0.5, 0.6) is 0 Å². The molecule has 5 nitrogen and oxygen atoms in total. The molecule has 0 aliphatic carbocycles. The zero-order chi connectivity index (χ0) is 18.3. The van der Waals surface area contributed by atoms with Crippen LogP contribution in [-0.4, -0.2) is 26.5 Å². The summed E-state index contributed by atoms with van der Waals surface area (Å²) < 4.78 is 2.02. The lowest BCUT2D eigenvalue weighted by atomic mass is 9.98. The van der Waals surface area contributed by atoms with Crippen molar-refractivity contribution in [3.8, 4) is 0 Å². The smallest absolute Gasteiger partial charge is 0.224 e. The molecule has 0 saturated carbocycles. The van der Waals surface area contributed by atoms with E-state index >= 15 is 0 Å². The van der Waals surface area contributed by atoms with Gasteiger partial charge in [-0.1, -0.05) is 23.9 Å². The zero-order valence-electron chi connectivity index (χ0n) is 14.7. The normalized spacial score (nSPS) is 14.8. The molecule has 0 bridgehead atoms. The molecular weight excluding hydrogens is 346 g/mol. The molecule has 1 unspecified atom stereocenters. The number of amides is 1. The Morgan fingerprint density at radius 2 is 2.04 bits per heavy atom. The van der Waals surface area contributed by atoms with Crippen LogP contribution in [0.3, 0.4) is 0 Å². The van der Waals surface area contributed by atoms with Gasteiger partial charge in [0.1, 0.15) is 0 Å². The molecule has 4 rings (SSSR count). The van der Waals surface area contributed by atoms with Gasteiger partial charge in [-0.05, 0) is 49.2 Å². The fraction of sp³-hybridized carbons (Fsp3) is 0.250. The molecule has 0 radical (unpaired) electrons. The summed E-state index contributed by atoms with van der Waals surface area (Å²) in [5, 5.41) is 3.43. The Labute approximate surface area is 155 Å². The minimum atomic E-state index is -0.248. The quantitative estimate of drug-likeness (QED) is 0.564. The molecule has 1 aromatic heterocycles. The largest absolute Gasteiger partial charge is 0.326 e. The van der Waals surface area contributed by atoms with Crippen molar-refractivity contribution in [3.63, 3.8) is 0 Å². The summed E-state index contributed by atoms with van der Waals surface area (Å²) in [6.45, 7) is 1.91. The number of aromatic nitrogens is 2. The van der Waals surface area contributed by atoms with Crippen LogP contribution in [0, 0.1) is 0 Å². The number of hydrogen-bond donors (Lipinski definition) is 1. The van der Waals surface area contributed by atoms with Crippen LogP contribution in [0.2, 0.25) is 0 Å². The van der Waals surface area contributed by atoms with Gasteiger partial charge in [-0.15, -0.1) is 0 Å². The highest BCUT2D eigenvalue weighted by molar-refractivity contribution is 8.00. The number of aryl methyl sites for hydroxylation is 2. The molecular formula is C20H19N3O2S. The maximum Gasteiger partial charge on any atom is 0.224 e. The number of benzene rings is 2. The third-order valence-electron chi connectivity index (χ3n) is 4.68. The number of Topliss-reactive ketones (excluding diaryl/α,β-unsaturated/α-hetero) is 1. The van der Waals surface area contributed by atoms with Gasteiger partial charge in [0, 0.05) is 24.7 Å². The van der Waals surface area contributed by atoms with Gasteiger partial charge in [0.05, 0.1) is 16.3 Å². The third kappa shape index (κ3) is 3.01. The molecule has 26 heavy (non-hydrogen) atoms. The third-order valence-corrected chi connectivity index (χ3v) is 5.83. The molecule has 0 spiro atoms. The van der Waals surface area contributed by atoms with Crippen molar-refractivity contribution in [3.05, 3.63) is 53.6 Å². The van der Waals surface area contributed by atoms with E-state index in [1.54, 1.807) is 6.07 Å². The molecule has 132 valence electrons. The maximum atomic E-state index is 12.9. The number of carbonyl (C=O) groups excluding carboxylic acids is 2. The van der Waals surface area contributed by atoms with E-state index in [1.165, 1.54) is 11.8 Å². The Balaban J connectivity index is 1.56.